The second-order valence-electron chi connectivity index (χ2n) is 13.4. The maximum absolute atomic E-state index is 14.1. The first-order chi connectivity index (χ1) is 16.6. The molecule has 2 saturated carbocycles. The molecule has 0 amide bonds. The molecule has 0 N–H and O–H groups in total. The number of rotatable bonds is 5. The summed E-state index contributed by atoms with van der Waals surface area (Å²) in [5.41, 5.74) is 0.0872. The molecule has 6 heteroatoms. The van der Waals surface area contributed by atoms with Gasteiger partial charge in [0.05, 0.1) is 7.11 Å². The second-order valence-corrected chi connectivity index (χ2v) is 13.4. The van der Waals surface area contributed by atoms with Crippen molar-refractivity contribution in [3.8, 4) is 0 Å². The lowest BCUT2D eigenvalue weighted by atomic mass is 9.42. The van der Waals surface area contributed by atoms with E-state index in [1.165, 1.54) is 14.0 Å². The summed E-state index contributed by atoms with van der Waals surface area (Å²) < 4.78 is 10.6. The van der Waals surface area contributed by atoms with Crippen LogP contribution >= 0.6 is 0 Å². The number of fused-ring (bicyclic) bond motifs is 4. The van der Waals surface area contributed by atoms with E-state index in [1.54, 1.807) is 0 Å². The van der Waals surface area contributed by atoms with Gasteiger partial charge in [0.25, 0.3) is 0 Å². The Kier molecular flexibility index (Phi) is 6.62. The number of esters is 2. The molecule has 0 aromatic heterocycles. The van der Waals surface area contributed by atoms with Crippen molar-refractivity contribution in [3.63, 3.8) is 0 Å². The van der Waals surface area contributed by atoms with E-state index in [2.05, 4.69) is 41.5 Å². The number of ketones is 2. The Balaban J connectivity index is 1.74. The first-order valence-corrected chi connectivity index (χ1v) is 13.7. The molecule has 4 aliphatic rings. The standard InChI is InChI=1S/C30H44O6/c1-17(9-10-24(34)35-8)19-11-14-29(6)26-20(32)15-22-27(3,4)23(36-18(2)31)12-13-28(22,5)25(26)21(33)16-30(19,29)7/h17,19,22-23H,9-16H2,1-8H3/t17-,19-,22+,23+,28+,29+,30-/m1/s1. The predicted molar refractivity (Wildman–Crippen MR) is 136 cm³/mol. The van der Waals surface area contributed by atoms with Gasteiger partial charge in [0.1, 0.15) is 6.10 Å². The molecular weight excluding hydrogens is 456 g/mol. The predicted octanol–water partition coefficient (Wildman–Crippen LogP) is 5.61. The lowest BCUT2D eigenvalue weighted by Crippen LogP contribution is -2.59. The molecule has 0 unspecified atom stereocenters. The van der Waals surface area contributed by atoms with Crippen LogP contribution in [0.15, 0.2) is 11.1 Å². The van der Waals surface area contributed by atoms with Crippen LogP contribution in [-0.4, -0.2) is 36.7 Å². The van der Waals surface area contributed by atoms with E-state index >= 15 is 0 Å². The molecule has 0 aromatic carbocycles. The first kappa shape index (κ1) is 27.1. The Labute approximate surface area is 215 Å². The van der Waals surface area contributed by atoms with Crippen molar-refractivity contribution in [2.45, 2.75) is 106 Å². The van der Waals surface area contributed by atoms with E-state index in [9.17, 15) is 19.2 Å². The SMILES string of the molecule is COC(=O)CC[C@@H](C)[C@H]1CC[C@@]2(C)C3=C(C(=O)C[C@]12C)[C@@]1(C)CC[C@H](OC(C)=O)C(C)(C)[C@@H]1CC3=O. The van der Waals surface area contributed by atoms with Crippen LogP contribution < -0.4 is 0 Å². The van der Waals surface area contributed by atoms with Gasteiger partial charge in [-0.15, -0.1) is 0 Å². The van der Waals surface area contributed by atoms with Crippen LogP contribution in [0.5, 0.6) is 0 Å². The normalized spacial score (nSPS) is 40.2. The summed E-state index contributed by atoms with van der Waals surface area (Å²) in [5, 5.41) is 0. The molecule has 4 rings (SSSR count). The molecule has 0 heterocycles. The maximum Gasteiger partial charge on any atom is 0.305 e. The maximum atomic E-state index is 14.1. The van der Waals surface area contributed by atoms with Gasteiger partial charge in [0, 0.05) is 53.6 Å². The largest absolute Gasteiger partial charge is 0.469 e. The minimum atomic E-state index is -0.407. The molecule has 4 aliphatic carbocycles. The summed E-state index contributed by atoms with van der Waals surface area (Å²) in [6.07, 6.45) is 4.95. The van der Waals surface area contributed by atoms with Crippen LogP contribution in [0.4, 0.5) is 0 Å². The van der Waals surface area contributed by atoms with Crippen LogP contribution in [0.3, 0.4) is 0 Å². The Morgan fingerprint density at radius 2 is 1.67 bits per heavy atom. The Morgan fingerprint density at radius 1 is 1.00 bits per heavy atom. The molecule has 0 aromatic rings. The molecule has 200 valence electrons. The highest BCUT2D eigenvalue weighted by Gasteiger charge is 2.67. The van der Waals surface area contributed by atoms with E-state index in [1.807, 2.05) is 0 Å². The van der Waals surface area contributed by atoms with E-state index in [-0.39, 0.29) is 58.2 Å². The van der Waals surface area contributed by atoms with E-state index < -0.39 is 10.8 Å². The molecule has 0 saturated heterocycles. The molecule has 6 nitrogen and oxygen atoms in total. The van der Waals surface area contributed by atoms with E-state index in [0.29, 0.717) is 25.7 Å². The highest BCUT2D eigenvalue weighted by molar-refractivity contribution is 6.11. The zero-order chi connectivity index (χ0) is 26.8. The monoisotopic (exact) mass is 500 g/mol. The van der Waals surface area contributed by atoms with Crippen LogP contribution in [0.2, 0.25) is 0 Å². The van der Waals surface area contributed by atoms with Crippen molar-refractivity contribution in [1.29, 1.82) is 0 Å². The molecule has 0 aliphatic heterocycles. The van der Waals surface area contributed by atoms with Crippen LogP contribution in [0, 0.1) is 39.4 Å². The summed E-state index contributed by atoms with van der Waals surface area (Å²) in [7, 11) is 1.41. The van der Waals surface area contributed by atoms with Crippen molar-refractivity contribution in [2.24, 2.45) is 39.4 Å². The first-order valence-electron chi connectivity index (χ1n) is 13.7. The molecule has 2 fully saturated rings. The quantitative estimate of drug-likeness (QED) is 0.456. The average molecular weight is 501 g/mol. The zero-order valence-electron chi connectivity index (χ0n) is 23.4. The van der Waals surface area contributed by atoms with Gasteiger partial charge >= 0.3 is 11.9 Å². The fourth-order valence-electron chi connectivity index (χ4n) is 9.15. The molecule has 7 atom stereocenters. The van der Waals surface area contributed by atoms with Crippen molar-refractivity contribution < 1.29 is 28.7 Å². The molecular formula is C30H44O6. The summed E-state index contributed by atoms with van der Waals surface area (Å²) >= 11 is 0. The van der Waals surface area contributed by atoms with Crippen molar-refractivity contribution >= 4 is 23.5 Å². The fraction of sp³-hybridized carbons (Fsp3) is 0.800. The minimum Gasteiger partial charge on any atom is -0.469 e. The molecule has 0 radical (unpaired) electrons. The Bertz CT molecular complexity index is 1020. The Morgan fingerprint density at radius 3 is 2.28 bits per heavy atom. The summed E-state index contributed by atoms with van der Waals surface area (Å²) in [6.45, 7) is 14.4. The second kappa shape index (κ2) is 8.80. The van der Waals surface area contributed by atoms with Gasteiger partial charge in [-0.1, -0.05) is 41.5 Å². The zero-order valence-corrected chi connectivity index (χ0v) is 23.4. The number of ether oxygens (including phenoxy) is 2. The summed E-state index contributed by atoms with van der Waals surface area (Å²) in [5.74, 6) is 0.195. The highest BCUT2D eigenvalue weighted by Crippen LogP contribution is 2.71. The van der Waals surface area contributed by atoms with Crippen molar-refractivity contribution in [3.05, 3.63) is 11.1 Å². The summed E-state index contributed by atoms with van der Waals surface area (Å²) in [6, 6.07) is 0. The van der Waals surface area contributed by atoms with Gasteiger partial charge in [-0.3, -0.25) is 19.2 Å². The lowest BCUT2D eigenvalue weighted by Gasteiger charge is -2.60. The Hall–Kier alpha value is -1.98. The van der Waals surface area contributed by atoms with Gasteiger partial charge in [-0.25, -0.2) is 0 Å². The number of methoxy groups -OCH3 is 1. The number of carbonyl (C=O) groups excluding carboxylic acids is 4. The van der Waals surface area contributed by atoms with Gasteiger partial charge in [-0.05, 0) is 55.3 Å². The topological polar surface area (TPSA) is 86.7 Å². The van der Waals surface area contributed by atoms with Gasteiger partial charge < -0.3 is 9.47 Å². The van der Waals surface area contributed by atoms with Crippen LogP contribution in [-0.2, 0) is 28.7 Å². The van der Waals surface area contributed by atoms with Crippen LogP contribution in [0.25, 0.3) is 0 Å². The number of hydrogen-bond acceptors (Lipinski definition) is 6. The third kappa shape index (κ3) is 3.72. The molecule has 0 spiro atoms. The van der Waals surface area contributed by atoms with Gasteiger partial charge in [0.15, 0.2) is 11.6 Å². The average Bonchev–Trinajstić information content (AvgIpc) is 3.06. The summed E-state index contributed by atoms with van der Waals surface area (Å²) in [4.78, 5) is 51.7. The number of Topliss-reactive ketones (excluding diaryl/α,β-unsaturated/α-hetero) is 2. The minimum absolute atomic E-state index is 0.0533. The number of hydrogen-bond donors (Lipinski definition) is 0. The third-order valence-corrected chi connectivity index (χ3v) is 11.3. The highest BCUT2D eigenvalue weighted by atomic mass is 16.5. The van der Waals surface area contributed by atoms with Crippen LogP contribution in [0.1, 0.15) is 99.8 Å². The van der Waals surface area contributed by atoms with Gasteiger partial charge in [-0.2, -0.15) is 0 Å². The fourth-order valence-corrected chi connectivity index (χ4v) is 9.15. The van der Waals surface area contributed by atoms with E-state index in [4.69, 9.17) is 9.47 Å². The number of carbonyl (C=O) groups is 4. The van der Waals surface area contributed by atoms with Crippen molar-refractivity contribution in [2.75, 3.05) is 7.11 Å². The van der Waals surface area contributed by atoms with Gasteiger partial charge in [0.2, 0.25) is 0 Å². The lowest BCUT2D eigenvalue weighted by molar-refractivity contribution is -0.169. The number of allylic oxidation sites excluding steroid dienone is 2. The smallest absolute Gasteiger partial charge is 0.305 e. The van der Waals surface area contributed by atoms with Crippen molar-refractivity contribution in [1.82, 2.24) is 0 Å². The molecule has 0 bridgehead atoms. The molecule has 36 heavy (non-hydrogen) atoms. The third-order valence-electron chi connectivity index (χ3n) is 11.3. The van der Waals surface area contributed by atoms with E-state index in [0.717, 1.165) is 36.8 Å².